The molecule has 1 unspecified atom stereocenters. The minimum absolute atomic E-state index is 0.240. The zero-order chi connectivity index (χ0) is 10.4. The first kappa shape index (κ1) is 10.9. The second-order valence-corrected chi connectivity index (χ2v) is 3.24. The fourth-order valence-electron chi connectivity index (χ4n) is 0.845. The van der Waals surface area contributed by atoms with Crippen molar-refractivity contribution < 1.29 is 9.53 Å². The largest absolute Gasteiger partial charge is 0.383 e. The van der Waals surface area contributed by atoms with Crippen molar-refractivity contribution in [3.8, 4) is 0 Å². The van der Waals surface area contributed by atoms with E-state index in [4.69, 9.17) is 16.3 Å². The summed E-state index contributed by atoms with van der Waals surface area (Å²) in [5.74, 6) is -0.305. The summed E-state index contributed by atoms with van der Waals surface area (Å²) < 4.78 is 4.81. The highest BCUT2D eigenvalue weighted by molar-refractivity contribution is 6.21. The van der Waals surface area contributed by atoms with Gasteiger partial charge in [0, 0.05) is 13.7 Å². The standard InChI is InChI=1S/C7H11ClN4O2/c1-14-4-5(8)2-9-7(13)6-3-10-12-11-6/h3,5H,2,4H2,1H3,(H,9,13)(H,10,11,12). The second-order valence-electron chi connectivity index (χ2n) is 2.62. The molecule has 2 N–H and O–H groups in total. The maximum absolute atomic E-state index is 11.3. The average Bonchev–Trinajstić information content (AvgIpc) is 2.67. The van der Waals surface area contributed by atoms with Crippen LogP contribution in [0.15, 0.2) is 6.20 Å². The molecule has 0 aliphatic carbocycles. The van der Waals surface area contributed by atoms with Crippen LogP contribution in [0, 0.1) is 0 Å². The molecule has 0 spiro atoms. The van der Waals surface area contributed by atoms with Crippen LogP contribution in [0.3, 0.4) is 0 Å². The van der Waals surface area contributed by atoms with Gasteiger partial charge in [-0.1, -0.05) is 0 Å². The molecular formula is C7H11ClN4O2. The average molecular weight is 219 g/mol. The number of aromatic nitrogens is 3. The van der Waals surface area contributed by atoms with Crippen molar-refractivity contribution in [3.63, 3.8) is 0 Å². The van der Waals surface area contributed by atoms with Crippen LogP contribution in [0.1, 0.15) is 10.5 Å². The molecule has 0 bridgehead atoms. The number of hydrogen-bond acceptors (Lipinski definition) is 4. The number of halogens is 1. The molecule has 1 aromatic heterocycles. The Hall–Kier alpha value is -1.14. The van der Waals surface area contributed by atoms with E-state index in [1.165, 1.54) is 6.20 Å². The van der Waals surface area contributed by atoms with Crippen LogP contribution >= 0.6 is 11.6 Å². The number of amides is 1. The van der Waals surface area contributed by atoms with Crippen molar-refractivity contribution in [2.45, 2.75) is 5.38 Å². The topological polar surface area (TPSA) is 79.9 Å². The molecule has 1 amide bonds. The van der Waals surface area contributed by atoms with Gasteiger partial charge in [-0.3, -0.25) is 4.79 Å². The van der Waals surface area contributed by atoms with Crippen molar-refractivity contribution in [1.29, 1.82) is 0 Å². The van der Waals surface area contributed by atoms with E-state index in [2.05, 4.69) is 20.7 Å². The molecule has 78 valence electrons. The first-order valence-corrected chi connectivity index (χ1v) is 4.44. The first-order chi connectivity index (χ1) is 6.74. The van der Waals surface area contributed by atoms with Gasteiger partial charge in [-0.2, -0.15) is 15.4 Å². The number of methoxy groups -OCH3 is 1. The number of nitrogens with zero attached hydrogens (tertiary/aromatic N) is 2. The Morgan fingerprint density at radius 1 is 1.86 bits per heavy atom. The Morgan fingerprint density at radius 2 is 2.64 bits per heavy atom. The zero-order valence-electron chi connectivity index (χ0n) is 7.66. The number of alkyl halides is 1. The number of carbonyl (C=O) groups excluding carboxylic acids is 1. The number of nitrogens with one attached hydrogen (secondary N) is 2. The molecule has 0 radical (unpaired) electrons. The summed E-state index contributed by atoms with van der Waals surface area (Å²) in [6.07, 6.45) is 1.34. The molecule has 0 aliphatic heterocycles. The molecule has 1 atom stereocenters. The fourth-order valence-corrected chi connectivity index (χ4v) is 1.05. The third-order valence-electron chi connectivity index (χ3n) is 1.48. The summed E-state index contributed by atoms with van der Waals surface area (Å²) >= 11 is 5.80. The normalized spacial score (nSPS) is 12.4. The lowest BCUT2D eigenvalue weighted by Gasteiger charge is -2.08. The molecule has 1 heterocycles. The third-order valence-corrected chi connectivity index (χ3v) is 1.76. The number of H-pyrrole nitrogens is 1. The summed E-state index contributed by atoms with van der Waals surface area (Å²) in [6.45, 7) is 0.724. The predicted octanol–water partition coefficient (Wildman–Crippen LogP) is -0.212. The molecule has 0 saturated heterocycles. The number of ether oxygens (including phenoxy) is 1. The summed E-state index contributed by atoms with van der Waals surface area (Å²) in [7, 11) is 1.55. The Balaban J connectivity index is 2.28. The Kier molecular flexibility index (Phi) is 4.34. The molecule has 0 saturated carbocycles. The Labute approximate surface area is 86.0 Å². The van der Waals surface area contributed by atoms with Crippen LogP contribution in [0.2, 0.25) is 0 Å². The van der Waals surface area contributed by atoms with E-state index in [9.17, 15) is 4.79 Å². The van der Waals surface area contributed by atoms with Gasteiger partial charge in [-0.25, -0.2) is 0 Å². The van der Waals surface area contributed by atoms with E-state index in [-0.39, 0.29) is 17.0 Å². The minimum Gasteiger partial charge on any atom is -0.383 e. The second kappa shape index (κ2) is 5.56. The zero-order valence-corrected chi connectivity index (χ0v) is 8.41. The third kappa shape index (κ3) is 3.31. The molecule has 0 fully saturated rings. The van der Waals surface area contributed by atoms with Crippen molar-refractivity contribution in [3.05, 3.63) is 11.9 Å². The van der Waals surface area contributed by atoms with Crippen LogP contribution in [0.4, 0.5) is 0 Å². The smallest absolute Gasteiger partial charge is 0.273 e. The summed E-state index contributed by atoms with van der Waals surface area (Å²) in [5, 5.41) is 11.8. The van der Waals surface area contributed by atoms with Gasteiger partial charge in [0.25, 0.3) is 5.91 Å². The molecular weight excluding hydrogens is 208 g/mol. The number of rotatable bonds is 5. The molecule has 6 nitrogen and oxygen atoms in total. The number of aromatic amines is 1. The lowest BCUT2D eigenvalue weighted by molar-refractivity contribution is 0.0944. The molecule has 1 aromatic rings. The molecule has 1 rings (SSSR count). The molecule has 0 aromatic carbocycles. The quantitative estimate of drug-likeness (QED) is 0.671. The van der Waals surface area contributed by atoms with Crippen molar-refractivity contribution >= 4 is 17.5 Å². The van der Waals surface area contributed by atoms with Crippen LogP contribution in [0.5, 0.6) is 0 Å². The van der Waals surface area contributed by atoms with Gasteiger partial charge in [0.05, 0.1) is 18.2 Å². The van der Waals surface area contributed by atoms with E-state index < -0.39 is 0 Å². The maximum atomic E-state index is 11.3. The minimum atomic E-state index is -0.305. The van der Waals surface area contributed by atoms with E-state index in [0.29, 0.717) is 13.2 Å². The van der Waals surface area contributed by atoms with E-state index in [1.54, 1.807) is 7.11 Å². The van der Waals surface area contributed by atoms with Gasteiger partial charge >= 0.3 is 0 Å². The lowest BCUT2D eigenvalue weighted by atomic mass is 10.4. The highest BCUT2D eigenvalue weighted by atomic mass is 35.5. The summed E-state index contributed by atoms with van der Waals surface area (Å²) in [5.41, 5.74) is 0.242. The monoisotopic (exact) mass is 218 g/mol. The summed E-state index contributed by atoms with van der Waals surface area (Å²) in [6, 6.07) is 0. The van der Waals surface area contributed by atoms with E-state index in [1.807, 2.05) is 0 Å². The van der Waals surface area contributed by atoms with Crippen LogP contribution in [-0.2, 0) is 4.74 Å². The van der Waals surface area contributed by atoms with Gasteiger partial charge in [-0.05, 0) is 0 Å². The summed E-state index contributed by atoms with van der Waals surface area (Å²) in [4.78, 5) is 11.3. The number of hydrogen-bond donors (Lipinski definition) is 2. The van der Waals surface area contributed by atoms with Gasteiger partial charge in [-0.15, -0.1) is 11.6 Å². The predicted molar refractivity (Wildman–Crippen MR) is 50.2 cm³/mol. The highest BCUT2D eigenvalue weighted by Crippen LogP contribution is 1.95. The van der Waals surface area contributed by atoms with Gasteiger partial charge < -0.3 is 10.1 Å². The van der Waals surface area contributed by atoms with Crippen LogP contribution in [0.25, 0.3) is 0 Å². The van der Waals surface area contributed by atoms with Crippen LogP contribution < -0.4 is 5.32 Å². The Bertz CT molecular complexity index is 277. The molecule has 14 heavy (non-hydrogen) atoms. The van der Waals surface area contributed by atoms with E-state index >= 15 is 0 Å². The lowest BCUT2D eigenvalue weighted by Crippen LogP contribution is -2.31. The van der Waals surface area contributed by atoms with E-state index in [0.717, 1.165) is 0 Å². The van der Waals surface area contributed by atoms with Gasteiger partial charge in [0.2, 0.25) is 0 Å². The van der Waals surface area contributed by atoms with Crippen molar-refractivity contribution in [2.24, 2.45) is 0 Å². The van der Waals surface area contributed by atoms with Crippen LogP contribution in [-0.4, -0.2) is 47.0 Å². The highest BCUT2D eigenvalue weighted by Gasteiger charge is 2.10. The Morgan fingerprint density at radius 3 is 3.21 bits per heavy atom. The molecule has 7 heteroatoms. The first-order valence-electron chi connectivity index (χ1n) is 4.01. The van der Waals surface area contributed by atoms with Gasteiger partial charge in [0.1, 0.15) is 0 Å². The maximum Gasteiger partial charge on any atom is 0.273 e. The fraction of sp³-hybridized carbons (Fsp3) is 0.571. The SMILES string of the molecule is COCC(Cl)CNC(=O)c1cn[nH]n1. The van der Waals surface area contributed by atoms with Crippen molar-refractivity contribution in [1.82, 2.24) is 20.7 Å². The molecule has 0 aliphatic rings. The van der Waals surface area contributed by atoms with Gasteiger partial charge in [0.15, 0.2) is 5.69 Å². The number of carbonyl (C=O) groups is 1. The van der Waals surface area contributed by atoms with Crippen molar-refractivity contribution in [2.75, 3.05) is 20.3 Å².